The molecule has 8 nitrogen and oxygen atoms in total. The summed E-state index contributed by atoms with van der Waals surface area (Å²) in [6.07, 6.45) is -2.66. The van der Waals surface area contributed by atoms with Crippen LogP contribution in [0.1, 0.15) is 12.6 Å². The van der Waals surface area contributed by atoms with E-state index >= 15 is 0 Å². The molecule has 3 aromatic heterocycles. The second-order valence-corrected chi connectivity index (χ2v) is 7.76. The van der Waals surface area contributed by atoms with Gasteiger partial charge in [0.05, 0.1) is 29.5 Å². The molecule has 0 saturated heterocycles. The van der Waals surface area contributed by atoms with Crippen molar-refractivity contribution in [1.82, 2.24) is 19.6 Å². The van der Waals surface area contributed by atoms with Gasteiger partial charge in [-0.05, 0) is 13.0 Å². The van der Waals surface area contributed by atoms with E-state index in [0.29, 0.717) is 0 Å². The van der Waals surface area contributed by atoms with Gasteiger partial charge in [-0.2, -0.15) is 27.1 Å². The molecule has 170 valence electrons. The molecule has 0 spiro atoms. The van der Waals surface area contributed by atoms with Crippen LogP contribution < -0.4 is 15.0 Å². The maximum Gasteiger partial charge on any atom is 0.401 e. The number of aromatic nitrogens is 4. The van der Waals surface area contributed by atoms with Crippen molar-refractivity contribution >= 4 is 46.3 Å². The highest BCUT2D eigenvalue weighted by atomic mass is 35.5. The average Bonchev–Trinajstić information content (AvgIpc) is 3.20. The number of ether oxygens (including phenoxy) is 1. The average molecular weight is 497 g/mol. The first-order chi connectivity index (χ1) is 14.9. The lowest BCUT2D eigenvalue weighted by atomic mass is 9.88. The molecule has 0 bridgehead atoms. The molecule has 1 aliphatic rings. The number of carbonyl (C=O) groups is 1. The zero-order chi connectivity index (χ0) is 23.4. The minimum absolute atomic E-state index is 0.0556. The second kappa shape index (κ2) is 7.59. The molecule has 0 aliphatic carbocycles. The second-order valence-electron chi connectivity index (χ2n) is 6.96. The van der Waals surface area contributed by atoms with Crippen LogP contribution in [-0.4, -0.2) is 44.9 Å². The SMILES string of the molecule is C[C@@]1(C(F)(F)F)CN(C(=O)Nc2cnc(OC(F)F)c(Cl)c2)c2cnc3cc(Cl)nn3c21. The molecule has 3 aromatic rings. The van der Waals surface area contributed by atoms with Crippen molar-refractivity contribution in [3.8, 4) is 5.88 Å². The third-order valence-electron chi connectivity index (χ3n) is 4.85. The number of hydrogen-bond donors (Lipinski definition) is 1. The van der Waals surface area contributed by atoms with E-state index in [-0.39, 0.29) is 32.9 Å². The Morgan fingerprint density at radius 1 is 1.25 bits per heavy atom. The van der Waals surface area contributed by atoms with Crippen LogP contribution in [0.15, 0.2) is 24.5 Å². The van der Waals surface area contributed by atoms with Crippen molar-refractivity contribution < 1.29 is 31.5 Å². The number of urea groups is 1. The fraction of sp³-hybridized carbons (Fsp3) is 0.294. The summed E-state index contributed by atoms with van der Waals surface area (Å²) >= 11 is 11.6. The van der Waals surface area contributed by atoms with E-state index in [9.17, 15) is 26.7 Å². The molecule has 0 saturated carbocycles. The predicted molar refractivity (Wildman–Crippen MR) is 104 cm³/mol. The molecule has 15 heteroatoms. The van der Waals surface area contributed by atoms with Crippen LogP contribution in [0.3, 0.4) is 0 Å². The molecular formula is C17H11Cl2F5N6O2. The quantitative estimate of drug-likeness (QED) is 0.521. The lowest BCUT2D eigenvalue weighted by molar-refractivity contribution is -0.181. The van der Waals surface area contributed by atoms with Gasteiger partial charge in [-0.25, -0.2) is 19.3 Å². The molecule has 1 N–H and O–H groups in total. The highest BCUT2D eigenvalue weighted by Crippen LogP contribution is 2.50. The molecule has 2 amide bonds. The zero-order valence-corrected chi connectivity index (χ0v) is 17.3. The first-order valence-corrected chi connectivity index (χ1v) is 9.46. The van der Waals surface area contributed by atoms with Crippen LogP contribution in [0.2, 0.25) is 10.2 Å². The van der Waals surface area contributed by atoms with Gasteiger partial charge in [-0.3, -0.25) is 4.90 Å². The topological polar surface area (TPSA) is 84.7 Å². The van der Waals surface area contributed by atoms with Crippen LogP contribution >= 0.6 is 23.2 Å². The Bertz CT molecular complexity index is 1220. The zero-order valence-electron chi connectivity index (χ0n) is 15.8. The van der Waals surface area contributed by atoms with Gasteiger partial charge >= 0.3 is 18.8 Å². The number of hydrogen-bond acceptors (Lipinski definition) is 5. The monoisotopic (exact) mass is 496 g/mol. The number of nitrogens with zero attached hydrogens (tertiary/aromatic N) is 5. The van der Waals surface area contributed by atoms with E-state index in [0.717, 1.165) is 34.8 Å². The summed E-state index contributed by atoms with van der Waals surface area (Å²) < 4.78 is 71.9. The summed E-state index contributed by atoms with van der Waals surface area (Å²) in [5, 5.41) is 5.81. The van der Waals surface area contributed by atoms with Crippen molar-refractivity contribution in [3.63, 3.8) is 0 Å². The van der Waals surface area contributed by atoms with Gasteiger partial charge < -0.3 is 10.1 Å². The van der Waals surface area contributed by atoms with Crippen molar-refractivity contribution in [2.24, 2.45) is 0 Å². The van der Waals surface area contributed by atoms with Crippen molar-refractivity contribution in [1.29, 1.82) is 0 Å². The number of pyridine rings is 1. The number of alkyl halides is 5. The van der Waals surface area contributed by atoms with Gasteiger partial charge in [-0.15, -0.1) is 0 Å². The Kier molecular flexibility index (Phi) is 5.28. The highest BCUT2D eigenvalue weighted by Gasteiger charge is 2.60. The molecule has 0 unspecified atom stereocenters. The smallest absolute Gasteiger partial charge is 0.401 e. The summed E-state index contributed by atoms with van der Waals surface area (Å²) in [6, 6.07) is 1.40. The number of nitrogens with one attached hydrogen (secondary N) is 1. The predicted octanol–water partition coefficient (Wildman–Crippen LogP) is 4.90. The Balaban J connectivity index is 1.70. The van der Waals surface area contributed by atoms with Crippen LogP contribution in [0.5, 0.6) is 5.88 Å². The van der Waals surface area contributed by atoms with Gasteiger partial charge in [0, 0.05) is 12.6 Å². The standard InChI is InChI=1S/C17H11Cl2F5N6O2/c1-16(17(22,23)24)6-29(9-5-25-11-3-10(19)28-30(11)12(9)16)15(31)27-7-2-8(18)13(26-4-7)32-14(20)21/h2-5,14H,6H2,1H3,(H,27,31)/t16-/m1/s1. The number of anilines is 2. The number of rotatable bonds is 3. The normalized spacial score (nSPS) is 18.3. The number of amides is 2. The summed E-state index contributed by atoms with van der Waals surface area (Å²) in [6.45, 7) is -3.01. The molecular weight excluding hydrogens is 486 g/mol. The molecule has 0 fully saturated rings. The van der Waals surface area contributed by atoms with E-state index in [4.69, 9.17) is 23.2 Å². The van der Waals surface area contributed by atoms with Crippen LogP contribution in [0.25, 0.3) is 5.65 Å². The molecule has 1 atom stereocenters. The molecule has 1 aliphatic heterocycles. The minimum atomic E-state index is -4.75. The van der Waals surface area contributed by atoms with Crippen molar-refractivity contribution in [2.75, 3.05) is 16.8 Å². The highest BCUT2D eigenvalue weighted by molar-refractivity contribution is 6.32. The van der Waals surface area contributed by atoms with E-state index < -0.39 is 36.7 Å². The Hall–Kier alpha value is -2.93. The van der Waals surface area contributed by atoms with E-state index in [1.807, 2.05) is 0 Å². The fourth-order valence-electron chi connectivity index (χ4n) is 3.35. The fourth-order valence-corrected chi connectivity index (χ4v) is 3.73. The van der Waals surface area contributed by atoms with Gasteiger partial charge in [0.25, 0.3) is 0 Å². The lowest BCUT2D eigenvalue weighted by Gasteiger charge is -2.28. The van der Waals surface area contributed by atoms with Crippen molar-refractivity contribution in [2.45, 2.75) is 25.1 Å². The van der Waals surface area contributed by atoms with E-state index in [1.54, 1.807) is 0 Å². The number of halogens is 7. The first-order valence-electron chi connectivity index (χ1n) is 8.71. The van der Waals surface area contributed by atoms with Gasteiger partial charge in [0.15, 0.2) is 10.8 Å². The van der Waals surface area contributed by atoms with Crippen LogP contribution in [-0.2, 0) is 5.41 Å². The minimum Gasteiger partial charge on any atom is -0.415 e. The van der Waals surface area contributed by atoms with E-state index in [1.165, 1.54) is 6.07 Å². The Morgan fingerprint density at radius 3 is 2.59 bits per heavy atom. The van der Waals surface area contributed by atoms with Crippen LogP contribution in [0, 0.1) is 0 Å². The van der Waals surface area contributed by atoms with Crippen LogP contribution in [0.4, 0.5) is 38.1 Å². The Morgan fingerprint density at radius 2 is 1.97 bits per heavy atom. The molecule has 32 heavy (non-hydrogen) atoms. The molecule has 0 radical (unpaired) electrons. The third-order valence-corrected chi connectivity index (χ3v) is 5.31. The van der Waals surface area contributed by atoms with E-state index in [2.05, 4.69) is 25.1 Å². The third kappa shape index (κ3) is 3.64. The Labute approximate surface area is 185 Å². The van der Waals surface area contributed by atoms with Gasteiger partial charge in [0.2, 0.25) is 5.88 Å². The lowest BCUT2D eigenvalue weighted by Crippen LogP contribution is -2.46. The maximum atomic E-state index is 14.1. The van der Waals surface area contributed by atoms with Gasteiger partial charge in [-0.1, -0.05) is 23.2 Å². The van der Waals surface area contributed by atoms with Crippen molar-refractivity contribution in [3.05, 3.63) is 40.4 Å². The largest absolute Gasteiger partial charge is 0.415 e. The number of carbonyl (C=O) groups excluding carboxylic acids is 1. The summed E-state index contributed by atoms with van der Waals surface area (Å²) in [5.41, 5.74) is -2.90. The summed E-state index contributed by atoms with van der Waals surface area (Å²) in [4.78, 5) is 21.3. The summed E-state index contributed by atoms with van der Waals surface area (Å²) in [7, 11) is 0. The molecule has 4 heterocycles. The van der Waals surface area contributed by atoms with Gasteiger partial charge in [0.1, 0.15) is 10.4 Å². The molecule has 4 rings (SSSR count). The molecule has 0 aromatic carbocycles. The maximum absolute atomic E-state index is 14.1. The summed E-state index contributed by atoms with van der Waals surface area (Å²) in [5.74, 6) is -0.571. The number of fused-ring (bicyclic) bond motifs is 3. The first kappa shape index (κ1) is 22.3.